The van der Waals surface area contributed by atoms with Crippen LogP contribution in [0.15, 0.2) is 23.1 Å². The maximum absolute atomic E-state index is 12.6. The van der Waals surface area contributed by atoms with Crippen molar-refractivity contribution >= 4 is 27.6 Å². The van der Waals surface area contributed by atoms with Gasteiger partial charge in [0, 0.05) is 0 Å². The highest BCUT2D eigenvalue weighted by molar-refractivity contribution is 7.89. The first-order chi connectivity index (χ1) is 8.95. The molecule has 0 aliphatic rings. The van der Waals surface area contributed by atoms with Crippen molar-refractivity contribution in [1.82, 2.24) is 4.72 Å². The number of aliphatic carboxylic acids is 1. The molecule has 0 aliphatic carbocycles. The van der Waals surface area contributed by atoms with Gasteiger partial charge in [0.15, 0.2) is 0 Å². The molecular formula is C10H9ClF3NO4S. The van der Waals surface area contributed by atoms with Crippen LogP contribution in [0.4, 0.5) is 13.2 Å². The Balaban J connectivity index is 3.24. The number of hydrogen-bond donors (Lipinski definition) is 2. The van der Waals surface area contributed by atoms with E-state index in [4.69, 9.17) is 16.7 Å². The van der Waals surface area contributed by atoms with Crippen LogP contribution >= 0.6 is 11.6 Å². The molecule has 1 atom stereocenters. The quantitative estimate of drug-likeness (QED) is 0.885. The second-order valence-electron chi connectivity index (χ2n) is 3.82. The number of rotatable bonds is 4. The van der Waals surface area contributed by atoms with Gasteiger partial charge in [0.2, 0.25) is 10.0 Å². The van der Waals surface area contributed by atoms with Crippen LogP contribution in [0.3, 0.4) is 0 Å². The molecule has 2 N–H and O–H groups in total. The Morgan fingerprint density at radius 2 is 1.95 bits per heavy atom. The third kappa shape index (κ3) is 3.84. The van der Waals surface area contributed by atoms with Crippen molar-refractivity contribution in [3.05, 3.63) is 28.8 Å². The summed E-state index contributed by atoms with van der Waals surface area (Å²) in [6.45, 7) is 1.04. The van der Waals surface area contributed by atoms with Gasteiger partial charge in [0.25, 0.3) is 0 Å². The zero-order valence-electron chi connectivity index (χ0n) is 9.90. The van der Waals surface area contributed by atoms with Gasteiger partial charge in [0.05, 0.1) is 15.5 Å². The molecule has 0 unspecified atom stereocenters. The number of carboxylic acids is 1. The summed E-state index contributed by atoms with van der Waals surface area (Å²) in [4.78, 5) is 9.84. The van der Waals surface area contributed by atoms with Crippen LogP contribution in [0.1, 0.15) is 12.5 Å². The highest BCUT2D eigenvalue weighted by Crippen LogP contribution is 2.35. The summed E-state index contributed by atoms with van der Waals surface area (Å²) in [7, 11) is -4.39. The lowest BCUT2D eigenvalue weighted by Gasteiger charge is -2.13. The first-order valence-electron chi connectivity index (χ1n) is 5.07. The van der Waals surface area contributed by atoms with E-state index in [2.05, 4.69) is 0 Å². The standard InChI is InChI=1S/C10H9ClF3NO4S/c1-5(9(16)17)15-20(18,19)6-2-3-8(11)7(4-6)10(12,13)14/h2-5,15H,1H3,(H,16,17)/t5-/m1/s1. The van der Waals surface area contributed by atoms with Crippen LogP contribution in [-0.4, -0.2) is 25.5 Å². The monoisotopic (exact) mass is 331 g/mol. The first-order valence-corrected chi connectivity index (χ1v) is 6.93. The van der Waals surface area contributed by atoms with Crippen LogP contribution < -0.4 is 4.72 Å². The number of halogens is 4. The van der Waals surface area contributed by atoms with E-state index in [9.17, 15) is 26.4 Å². The SMILES string of the molecule is C[C@@H](NS(=O)(=O)c1ccc(Cl)c(C(F)(F)F)c1)C(=O)O. The Bertz CT molecular complexity index is 630. The largest absolute Gasteiger partial charge is 0.480 e. The maximum Gasteiger partial charge on any atom is 0.417 e. The molecule has 1 rings (SSSR count). The predicted octanol–water partition coefficient (Wildman–Crippen LogP) is 2.11. The summed E-state index contributed by atoms with van der Waals surface area (Å²) in [5, 5.41) is 7.94. The van der Waals surface area contributed by atoms with E-state index in [0.717, 1.165) is 19.1 Å². The maximum atomic E-state index is 12.6. The van der Waals surface area contributed by atoms with Gasteiger partial charge in [-0.25, -0.2) is 8.42 Å². The molecule has 0 saturated carbocycles. The number of sulfonamides is 1. The minimum atomic E-state index is -4.82. The van der Waals surface area contributed by atoms with Crippen LogP contribution in [0.25, 0.3) is 0 Å². The lowest BCUT2D eigenvalue weighted by Crippen LogP contribution is -2.38. The van der Waals surface area contributed by atoms with E-state index in [1.807, 2.05) is 0 Å². The molecule has 0 saturated heterocycles. The van der Waals surface area contributed by atoms with Gasteiger partial charge >= 0.3 is 12.1 Å². The van der Waals surface area contributed by atoms with Gasteiger partial charge in [-0.15, -0.1) is 0 Å². The van der Waals surface area contributed by atoms with Crippen LogP contribution in [-0.2, 0) is 21.0 Å². The average Bonchev–Trinajstić information content (AvgIpc) is 2.26. The highest BCUT2D eigenvalue weighted by Gasteiger charge is 2.34. The normalized spacial score (nSPS) is 14.1. The number of nitrogens with one attached hydrogen (secondary N) is 1. The smallest absolute Gasteiger partial charge is 0.417 e. The van der Waals surface area contributed by atoms with Gasteiger partial charge in [-0.1, -0.05) is 11.6 Å². The molecule has 1 aromatic carbocycles. The molecule has 0 fully saturated rings. The molecule has 0 aromatic heterocycles. The Morgan fingerprint density at radius 3 is 2.40 bits per heavy atom. The van der Waals surface area contributed by atoms with Crippen molar-refractivity contribution in [3.63, 3.8) is 0 Å². The third-order valence-corrected chi connectivity index (χ3v) is 4.12. The minimum Gasteiger partial charge on any atom is -0.480 e. The fraction of sp³-hybridized carbons (Fsp3) is 0.300. The average molecular weight is 332 g/mol. The number of benzene rings is 1. The van der Waals surface area contributed by atoms with Gasteiger partial charge < -0.3 is 5.11 Å². The van der Waals surface area contributed by atoms with Crippen molar-refractivity contribution in [2.45, 2.75) is 24.0 Å². The molecule has 0 amide bonds. The van der Waals surface area contributed by atoms with Crippen molar-refractivity contribution in [3.8, 4) is 0 Å². The van der Waals surface area contributed by atoms with Crippen LogP contribution in [0.5, 0.6) is 0 Å². The van der Waals surface area contributed by atoms with Crippen molar-refractivity contribution in [1.29, 1.82) is 0 Å². The third-order valence-electron chi connectivity index (χ3n) is 2.26. The minimum absolute atomic E-state index is 0.346. The van der Waals surface area contributed by atoms with E-state index in [1.165, 1.54) is 0 Å². The molecule has 0 bridgehead atoms. The molecule has 112 valence electrons. The summed E-state index contributed by atoms with van der Waals surface area (Å²) in [6.07, 6.45) is -4.82. The molecular weight excluding hydrogens is 323 g/mol. The lowest BCUT2D eigenvalue weighted by molar-refractivity contribution is -0.139. The Morgan fingerprint density at radius 1 is 1.40 bits per heavy atom. The van der Waals surface area contributed by atoms with Gasteiger partial charge in [-0.3, -0.25) is 4.79 Å². The Labute approximate surface area is 117 Å². The second kappa shape index (κ2) is 5.58. The van der Waals surface area contributed by atoms with E-state index in [0.29, 0.717) is 6.07 Å². The number of hydrogen-bond acceptors (Lipinski definition) is 3. The van der Waals surface area contributed by atoms with E-state index in [-0.39, 0.29) is 0 Å². The zero-order chi connectivity index (χ0) is 15.7. The summed E-state index contributed by atoms with van der Waals surface area (Å²) >= 11 is 5.36. The summed E-state index contributed by atoms with van der Waals surface area (Å²) < 4.78 is 63.1. The van der Waals surface area contributed by atoms with Crippen molar-refractivity contribution < 1.29 is 31.5 Å². The van der Waals surface area contributed by atoms with E-state index in [1.54, 1.807) is 4.72 Å². The van der Waals surface area contributed by atoms with Gasteiger partial charge in [-0.2, -0.15) is 17.9 Å². The van der Waals surface area contributed by atoms with Crippen molar-refractivity contribution in [2.75, 3.05) is 0 Å². The number of carbonyl (C=O) groups is 1. The molecule has 10 heteroatoms. The molecule has 1 aromatic rings. The van der Waals surface area contributed by atoms with E-state index >= 15 is 0 Å². The molecule has 5 nitrogen and oxygen atoms in total. The molecule has 0 heterocycles. The van der Waals surface area contributed by atoms with Crippen LogP contribution in [0, 0.1) is 0 Å². The lowest BCUT2D eigenvalue weighted by atomic mass is 10.2. The first kappa shape index (κ1) is 16.7. The number of carboxylic acid groups (broad SMARTS) is 1. The van der Waals surface area contributed by atoms with Gasteiger partial charge in [0.1, 0.15) is 6.04 Å². The van der Waals surface area contributed by atoms with Crippen LogP contribution in [0.2, 0.25) is 5.02 Å². The van der Waals surface area contributed by atoms with Crippen molar-refractivity contribution in [2.24, 2.45) is 0 Å². The molecule has 0 spiro atoms. The number of alkyl halides is 3. The fourth-order valence-corrected chi connectivity index (χ4v) is 2.69. The summed E-state index contributed by atoms with van der Waals surface area (Å²) in [5.74, 6) is -1.46. The molecule has 20 heavy (non-hydrogen) atoms. The fourth-order valence-electron chi connectivity index (χ4n) is 1.24. The Hall–Kier alpha value is -1.32. The Kier molecular flexibility index (Phi) is 4.67. The predicted molar refractivity (Wildman–Crippen MR) is 63.9 cm³/mol. The topological polar surface area (TPSA) is 83.5 Å². The summed E-state index contributed by atoms with van der Waals surface area (Å²) in [6, 6.07) is 0.503. The highest BCUT2D eigenvalue weighted by atomic mass is 35.5. The van der Waals surface area contributed by atoms with E-state index < -0.39 is 43.7 Å². The molecule has 0 radical (unpaired) electrons. The van der Waals surface area contributed by atoms with Gasteiger partial charge in [-0.05, 0) is 25.1 Å². The second-order valence-corrected chi connectivity index (χ2v) is 5.94. The molecule has 0 aliphatic heterocycles. The summed E-state index contributed by atoms with van der Waals surface area (Å²) in [5.41, 5.74) is -1.31. The zero-order valence-corrected chi connectivity index (χ0v) is 11.5.